The molecule has 3 heteroatoms. The largest absolute Gasteiger partial charge is 0.458 e. The number of esters is 1. The van der Waals surface area contributed by atoms with Gasteiger partial charge in [-0.25, -0.2) is 4.39 Å². The van der Waals surface area contributed by atoms with Gasteiger partial charge >= 0.3 is 5.97 Å². The van der Waals surface area contributed by atoms with Crippen molar-refractivity contribution in [3.05, 3.63) is 47.8 Å². The summed E-state index contributed by atoms with van der Waals surface area (Å²) in [5.41, 5.74) is 0.705. The van der Waals surface area contributed by atoms with Crippen LogP contribution in [0.1, 0.15) is 37.7 Å². The van der Waals surface area contributed by atoms with Crippen molar-refractivity contribution in [2.45, 2.75) is 44.1 Å². The highest BCUT2D eigenvalue weighted by molar-refractivity contribution is 5.73. The highest BCUT2D eigenvalue weighted by Crippen LogP contribution is 2.43. The molecule has 0 unspecified atom stereocenters. The van der Waals surface area contributed by atoms with E-state index >= 15 is 0 Å². The summed E-state index contributed by atoms with van der Waals surface area (Å²) < 4.78 is 18.7. The van der Waals surface area contributed by atoms with Crippen LogP contribution in [0.2, 0.25) is 0 Å². The third kappa shape index (κ3) is 3.09. The molecule has 0 N–H and O–H groups in total. The van der Waals surface area contributed by atoms with Crippen molar-refractivity contribution in [2.75, 3.05) is 0 Å². The molecule has 0 spiro atoms. The van der Waals surface area contributed by atoms with E-state index in [4.69, 9.17) is 4.74 Å². The lowest BCUT2D eigenvalue weighted by Gasteiger charge is -2.22. The van der Waals surface area contributed by atoms with Crippen molar-refractivity contribution < 1.29 is 13.9 Å². The summed E-state index contributed by atoms with van der Waals surface area (Å²) in [6.45, 7) is 0. The lowest BCUT2D eigenvalue weighted by atomic mass is 9.94. The molecule has 2 nitrogen and oxygen atoms in total. The topological polar surface area (TPSA) is 26.3 Å². The Bertz CT molecular complexity index is 514. The second kappa shape index (κ2) is 5.39. The Morgan fingerprint density at radius 3 is 2.60 bits per heavy atom. The number of ether oxygens (including phenoxy) is 1. The van der Waals surface area contributed by atoms with E-state index in [-0.39, 0.29) is 23.3 Å². The van der Waals surface area contributed by atoms with Crippen LogP contribution in [0.5, 0.6) is 0 Å². The molecule has 0 amide bonds. The van der Waals surface area contributed by atoms with Crippen molar-refractivity contribution in [1.82, 2.24) is 0 Å². The molecule has 0 heterocycles. The molecule has 2 aliphatic carbocycles. The molecule has 1 atom stereocenters. The molecule has 0 radical (unpaired) electrons. The van der Waals surface area contributed by atoms with Crippen LogP contribution in [0.15, 0.2) is 36.4 Å². The number of halogens is 1. The molecule has 0 bridgehead atoms. The zero-order valence-electron chi connectivity index (χ0n) is 11.5. The van der Waals surface area contributed by atoms with Crippen LogP contribution in [0, 0.1) is 11.7 Å². The van der Waals surface area contributed by atoms with Gasteiger partial charge in [-0.3, -0.25) is 4.79 Å². The van der Waals surface area contributed by atoms with Crippen LogP contribution in [-0.4, -0.2) is 11.6 Å². The molecule has 0 saturated heterocycles. The minimum absolute atomic E-state index is 0.0192. The maximum absolute atomic E-state index is 12.9. The van der Waals surface area contributed by atoms with Crippen molar-refractivity contribution in [1.29, 1.82) is 0 Å². The molecule has 20 heavy (non-hydrogen) atoms. The van der Waals surface area contributed by atoms with Gasteiger partial charge in [0.15, 0.2) is 0 Å². The van der Waals surface area contributed by atoms with E-state index in [2.05, 4.69) is 12.2 Å². The van der Waals surface area contributed by atoms with E-state index in [0.717, 1.165) is 37.7 Å². The predicted molar refractivity (Wildman–Crippen MR) is 74.6 cm³/mol. The summed E-state index contributed by atoms with van der Waals surface area (Å²) in [5, 5.41) is 0. The molecule has 1 saturated carbocycles. The van der Waals surface area contributed by atoms with Crippen molar-refractivity contribution in [3.8, 4) is 0 Å². The van der Waals surface area contributed by atoms with Gasteiger partial charge in [-0.05, 0) is 49.8 Å². The average Bonchev–Trinajstić information content (AvgIpc) is 3.22. The Morgan fingerprint density at radius 1 is 1.25 bits per heavy atom. The molecule has 3 rings (SSSR count). The lowest BCUT2D eigenvalue weighted by molar-refractivity contribution is -0.156. The van der Waals surface area contributed by atoms with Crippen LogP contribution >= 0.6 is 0 Å². The van der Waals surface area contributed by atoms with Crippen molar-refractivity contribution >= 4 is 5.97 Å². The minimum atomic E-state index is -0.323. The molecule has 1 fully saturated rings. The van der Waals surface area contributed by atoms with Gasteiger partial charge in [0.25, 0.3) is 0 Å². The van der Waals surface area contributed by atoms with E-state index in [1.165, 1.54) is 12.1 Å². The maximum atomic E-state index is 12.9. The molecule has 0 aliphatic heterocycles. The summed E-state index contributed by atoms with van der Waals surface area (Å²) >= 11 is 0. The number of benzene rings is 1. The Kier molecular flexibility index (Phi) is 3.60. The Balaban J connectivity index is 1.60. The van der Waals surface area contributed by atoms with Gasteiger partial charge in [-0.2, -0.15) is 0 Å². The fraction of sp³-hybridized carbons (Fsp3) is 0.471. The van der Waals surface area contributed by atoms with Gasteiger partial charge in [0.2, 0.25) is 0 Å². The van der Waals surface area contributed by atoms with Gasteiger partial charge in [0, 0.05) is 6.42 Å². The van der Waals surface area contributed by atoms with Crippen LogP contribution in [0.3, 0.4) is 0 Å². The van der Waals surface area contributed by atoms with Gasteiger partial charge < -0.3 is 4.74 Å². The molecular formula is C17H19FO2. The fourth-order valence-electron chi connectivity index (χ4n) is 2.73. The smallest absolute Gasteiger partial charge is 0.309 e. The van der Waals surface area contributed by atoms with Crippen LogP contribution in [0.4, 0.5) is 4.39 Å². The van der Waals surface area contributed by atoms with Gasteiger partial charge in [-0.1, -0.05) is 24.3 Å². The third-order valence-corrected chi connectivity index (χ3v) is 4.17. The monoisotopic (exact) mass is 274 g/mol. The normalized spacial score (nSPS) is 23.4. The number of allylic oxidation sites excluding steroid dienone is 2. The maximum Gasteiger partial charge on any atom is 0.309 e. The lowest BCUT2D eigenvalue weighted by Crippen LogP contribution is -2.27. The highest BCUT2D eigenvalue weighted by Gasteiger charge is 2.47. The van der Waals surface area contributed by atoms with Gasteiger partial charge in [0.1, 0.15) is 11.4 Å². The standard InChI is InChI=1S/C17H19FO2/c18-15-8-6-13(7-9-15)12-17(10-11-17)20-16(19)14-4-2-1-3-5-14/h1-2,6-9,14H,3-5,10-12H2/t14-/m1/s1. The van der Waals surface area contributed by atoms with E-state index in [0.29, 0.717) is 6.42 Å². The first-order chi connectivity index (χ1) is 9.67. The predicted octanol–water partition coefficient (Wildman–Crippen LogP) is 3.80. The van der Waals surface area contributed by atoms with E-state index in [9.17, 15) is 9.18 Å². The van der Waals surface area contributed by atoms with E-state index < -0.39 is 0 Å². The van der Waals surface area contributed by atoms with Gasteiger partial charge in [0.05, 0.1) is 5.92 Å². The van der Waals surface area contributed by atoms with Gasteiger partial charge in [-0.15, -0.1) is 0 Å². The molecule has 106 valence electrons. The zero-order chi connectivity index (χ0) is 14.0. The van der Waals surface area contributed by atoms with Crippen LogP contribution in [0.25, 0.3) is 0 Å². The molecule has 2 aliphatic rings. The number of hydrogen-bond donors (Lipinski definition) is 0. The van der Waals surface area contributed by atoms with E-state index in [1.807, 2.05) is 0 Å². The minimum Gasteiger partial charge on any atom is -0.458 e. The summed E-state index contributed by atoms with van der Waals surface area (Å²) in [4.78, 5) is 12.2. The average molecular weight is 274 g/mol. The van der Waals surface area contributed by atoms with Crippen LogP contribution < -0.4 is 0 Å². The Labute approximate surface area is 118 Å². The number of carbonyl (C=O) groups is 1. The second-order valence-electron chi connectivity index (χ2n) is 5.89. The number of hydrogen-bond acceptors (Lipinski definition) is 2. The zero-order valence-corrected chi connectivity index (χ0v) is 11.5. The van der Waals surface area contributed by atoms with Crippen LogP contribution in [-0.2, 0) is 16.0 Å². The first kappa shape index (κ1) is 13.3. The van der Waals surface area contributed by atoms with Crippen molar-refractivity contribution in [2.24, 2.45) is 5.92 Å². The summed E-state index contributed by atoms with van der Waals surface area (Å²) in [6.07, 6.45) is 9.36. The highest BCUT2D eigenvalue weighted by atomic mass is 19.1. The first-order valence-corrected chi connectivity index (χ1v) is 7.29. The number of carbonyl (C=O) groups excluding carboxylic acids is 1. The summed E-state index contributed by atoms with van der Waals surface area (Å²) in [5.74, 6) is -0.274. The summed E-state index contributed by atoms with van der Waals surface area (Å²) in [7, 11) is 0. The fourth-order valence-corrected chi connectivity index (χ4v) is 2.73. The SMILES string of the molecule is O=C(OC1(Cc2ccc(F)cc2)CC1)[C@@H]1CC=CCC1. The Morgan fingerprint density at radius 2 is 2.00 bits per heavy atom. The second-order valence-corrected chi connectivity index (χ2v) is 5.89. The summed E-state index contributed by atoms with van der Waals surface area (Å²) in [6, 6.07) is 6.46. The third-order valence-electron chi connectivity index (χ3n) is 4.17. The molecule has 1 aromatic carbocycles. The van der Waals surface area contributed by atoms with Crippen molar-refractivity contribution in [3.63, 3.8) is 0 Å². The Hall–Kier alpha value is -1.64. The first-order valence-electron chi connectivity index (χ1n) is 7.29. The van der Waals surface area contributed by atoms with E-state index in [1.54, 1.807) is 12.1 Å². The molecule has 1 aromatic rings. The number of rotatable bonds is 4. The molecular weight excluding hydrogens is 255 g/mol. The quantitative estimate of drug-likeness (QED) is 0.616. The molecule has 0 aromatic heterocycles.